The number of amides is 8. The van der Waals surface area contributed by atoms with Crippen molar-refractivity contribution in [3.8, 4) is 0 Å². The van der Waals surface area contributed by atoms with E-state index in [-0.39, 0.29) is 47.3 Å². The van der Waals surface area contributed by atoms with Crippen LogP contribution in [0.2, 0.25) is 0 Å². The molecule has 4 aliphatic heterocycles. The summed E-state index contributed by atoms with van der Waals surface area (Å²) < 4.78 is 0. The SMILES string of the molecule is CC(CCCCN1C(=O)C=CC1=O)C(CCCCN1C(=O)C=CC1=O)C(CCCCCN1C(=O)C=CC1=O)CCCCN1C(=O)C=CC1=O. The van der Waals surface area contributed by atoms with E-state index in [2.05, 4.69) is 6.92 Å². The fourth-order valence-electron chi connectivity index (χ4n) is 7.29. The van der Waals surface area contributed by atoms with Gasteiger partial charge in [-0.05, 0) is 49.9 Å². The third kappa shape index (κ3) is 10.5. The van der Waals surface area contributed by atoms with E-state index in [4.69, 9.17) is 0 Å². The van der Waals surface area contributed by atoms with Crippen LogP contribution < -0.4 is 0 Å². The highest BCUT2D eigenvalue weighted by atomic mass is 16.2. The summed E-state index contributed by atoms with van der Waals surface area (Å²) >= 11 is 0. The minimum Gasteiger partial charge on any atom is -0.275 e. The fourth-order valence-corrected chi connectivity index (χ4v) is 7.29. The molecule has 12 nitrogen and oxygen atoms in total. The Labute approximate surface area is 287 Å². The second-order valence-electron chi connectivity index (χ2n) is 13.4. The summed E-state index contributed by atoms with van der Waals surface area (Å²) in [4.78, 5) is 101. The molecule has 49 heavy (non-hydrogen) atoms. The first kappa shape index (κ1) is 37.3. The van der Waals surface area contributed by atoms with Crippen molar-refractivity contribution in [3.63, 3.8) is 0 Å². The van der Waals surface area contributed by atoms with Crippen molar-refractivity contribution in [2.75, 3.05) is 26.2 Å². The maximum atomic E-state index is 12.1. The van der Waals surface area contributed by atoms with Gasteiger partial charge in [-0.25, -0.2) is 0 Å². The second kappa shape index (κ2) is 18.3. The molecule has 0 bridgehead atoms. The number of carbonyl (C=O) groups excluding carboxylic acids is 8. The monoisotopic (exact) mass is 676 g/mol. The van der Waals surface area contributed by atoms with E-state index >= 15 is 0 Å². The largest absolute Gasteiger partial charge is 0.275 e. The standard InChI is InChI=1S/C37H48N4O8/c1-27(11-4-8-24-39-32(44)17-18-33(39)45)29(14-6-10-26-41-36(48)21-22-37(41)49)28(13-5-9-25-40-34(46)19-20-35(40)47)12-3-2-7-23-38-30(42)15-16-31(38)43/h15-22,27-29H,2-14,23-26H2,1H3. The van der Waals surface area contributed by atoms with Gasteiger partial charge in [0.25, 0.3) is 47.3 Å². The normalized spacial score (nSPS) is 19.3. The summed E-state index contributed by atoms with van der Waals surface area (Å²) in [5, 5.41) is 0. The molecule has 0 spiro atoms. The first-order valence-electron chi connectivity index (χ1n) is 17.7. The number of hydrogen-bond donors (Lipinski definition) is 0. The minimum atomic E-state index is -0.281. The van der Waals surface area contributed by atoms with Crippen LogP contribution in [0.1, 0.15) is 90.4 Å². The molecule has 0 radical (unpaired) electrons. The zero-order chi connectivity index (χ0) is 35.3. The number of carbonyl (C=O) groups is 8. The highest BCUT2D eigenvalue weighted by Crippen LogP contribution is 2.36. The maximum Gasteiger partial charge on any atom is 0.253 e. The molecular weight excluding hydrogens is 628 g/mol. The molecule has 4 aliphatic rings. The van der Waals surface area contributed by atoms with Gasteiger partial charge in [0.15, 0.2) is 0 Å². The van der Waals surface area contributed by atoms with E-state index in [0.717, 1.165) is 57.8 Å². The lowest BCUT2D eigenvalue weighted by Crippen LogP contribution is -2.31. The first-order valence-corrected chi connectivity index (χ1v) is 17.7. The van der Waals surface area contributed by atoms with Crippen LogP contribution in [0, 0.1) is 17.8 Å². The predicted octanol–water partition coefficient (Wildman–Crippen LogP) is 3.63. The fraction of sp³-hybridized carbons (Fsp3) is 0.568. The Balaban J connectivity index is 1.35. The van der Waals surface area contributed by atoms with Crippen LogP contribution in [0.4, 0.5) is 0 Å². The van der Waals surface area contributed by atoms with Crippen LogP contribution in [0.5, 0.6) is 0 Å². The molecule has 264 valence electrons. The van der Waals surface area contributed by atoms with E-state index < -0.39 is 0 Å². The van der Waals surface area contributed by atoms with E-state index in [0.29, 0.717) is 69.6 Å². The maximum absolute atomic E-state index is 12.1. The van der Waals surface area contributed by atoms with Crippen molar-refractivity contribution in [2.24, 2.45) is 17.8 Å². The Morgan fingerprint density at radius 2 is 0.633 bits per heavy atom. The Morgan fingerprint density at radius 1 is 0.367 bits per heavy atom. The van der Waals surface area contributed by atoms with Gasteiger partial charge in [0, 0.05) is 74.8 Å². The van der Waals surface area contributed by atoms with Crippen LogP contribution in [-0.4, -0.2) is 93.0 Å². The zero-order valence-corrected chi connectivity index (χ0v) is 28.4. The third-order valence-electron chi connectivity index (χ3n) is 10.1. The van der Waals surface area contributed by atoms with Gasteiger partial charge in [-0.15, -0.1) is 0 Å². The first-order chi connectivity index (χ1) is 23.6. The summed E-state index contributed by atoms with van der Waals surface area (Å²) in [6, 6.07) is 0. The summed E-state index contributed by atoms with van der Waals surface area (Å²) in [5.74, 6) is -1.25. The number of rotatable bonds is 23. The Morgan fingerprint density at radius 3 is 0.980 bits per heavy atom. The molecule has 8 amide bonds. The molecular formula is C37H48N4O8. The van der Waals surface area contributed by atoms with Gasteiger partial charge in [-0.1, -0.05) is 58.3 Å². The van der Waals surface area contributed by atoms with Gasteiger partial charge in [0.2, 0.25) is 0 Å². The van der Waals surface area contributed by atoms with Gasteiger partial charge >= 0.3 is 0 Å². The number of unbranched alkanes of at least 4 members (excludes halogenated alkanes) is 5. The molecule has 3 atom stereocenters. The molecule has 0 saturated carbocycles. The lowest BCUT2D eigenvalue weighted by molar-refractivity contribution is -0.138. The summed E-state index contributed by atoms with van der Waals surface area (Å²) in [7, 11) is 0. The van der Waals surface area contributed by atoms with Crippen molar-refractivity contribution in [1.82, 2.24) is 19.6 Å². The quantitative estimate of drug-likeness (QED) is 0.118. The average Bonchev–Trinajstić information content (AvgIpc) is 3.79. The average molecular weight is 677 g/mol. The summed E-state index contributed by atoms with van der Waals surface area (Å²) in [6.07, 6.45) is 21.2. The number of hydrogen-bond acceptors (Lipinski definition) is 8. The van der Waals surface area contributed by atoms with Crippen molar-refractivity contribution < 1.29 is 38.4 Å². The van der Waals surface area contributed by atoms with Gasteiger partial charge < -0.3 is 0 Å². The molecule has 0 aromatic heterocycles. The Bertz CT molecular complexity index is 1360. The Kier molecular flexibility index (Phi) is 14.0. The lowest BCUT2D eigenvalue weighted by Gasteiger charge is -2.33. The van der Waals surface area contributed by atoms with E-state index in [1.807, 2.05) is 0 Å². The molecule has 4 rings (SSSR count). The third-order valence-corrected chi connectivity index (χ3v) is 10.1. The molecule has 0 saturated heterocycles. The van der Waals surface area contributed by atoms with Crippen LogP contribution in [0.25, 0.3) is 0 Å². The zero-order valence-electron chi connectivity index (χ0n) is 28.4. The number of nitrogens with zero attached hydrogens (tertiary/aromatic N) is 4. The van der Waals surface area contributed by atoms with Crippen LogP contribution in [0.15, 0.2) is 48.6 Å². The molecule has 0 N–H and O–H groups in total. The van der Waals surface area contributed by atoms with Crippen LogP contribution in [-0.2, 0) is 38.4 Å². The topological polar surface area (TPSA) is 150 Å². The smallest absolute Gasteiger partial charge is 0.253 e. The van der Waals surface area contributed by atoms with Gasteiger partial charge in [-0.3, -0.25) is 58.0 Å². The summed E-state index contributed by atoms with van der Waals surface area (Å²) in [6.45, 7) is 3.77. The van der Waals surface area contributed by atoms with Crippen molar-refractivity contribution >= 4 is 47.3 Å². The van der Waals surface area contributed by atoms with Gasteiger partial charge in [0.05, 0.1) is 0 Å². The lowest BCUT2D eigenvalue weighted by atomic mass is 9.73. The second-order valence-corrected chi connectivity index (χ2v) is 13.4. The molecule has 12 heteroatoms. The van der Waals surface area contributed by atoms with Crippen LogP contribution >= 0.6 is 0 Å². The molecule has 4 heterocycles. The van der Waals surface area contributed by atoms with Crippen molar-refractivity contribution in [1.29, 1.82) is 0 Å². The predicted molar refractivity (Wildman–Crippen MR) is 180 cm³/mol. The van der Waals surface area contributed by atoms with E-state index in [1.165, 1.54) is 68.2 Å². The highest BCUT2D eigenvalue weighted by Gasteiger charge is 2.29. The van der Waals surface area contributed by atoms with Gasteiger partial charge in [-0.2, -0.15) is 0 Å². The van der Waals surface area contributed by atoms with Crippen LogP contribution in [0.3, 0.4) is 0 Å². The molecule has 0 aliphatic carbocycles. The molecule has 3 unspecified atom stereocenters. The van der Waals surface area contributed by atoms with Crippen molar-refractivity contribution in [2.45, 2.75) is 90.4 Å². The molecule has 0 fully saturated rings. The van der Waals surface area contributed by atoms with E-state index in [1.54, 1.807) is 0 Å². The molecule has 0 aromatic carbocycles. The number of imide groups is 4. The minimum absolute atomic E-state index is 0.273. The Hall–Kier alpha value is -4.48. The highest BCUT2D eigenvalue weighted by molar-refractivity contribution is 6.14. The molecule has 0 aromatic rings. The van der Waals surface area contributed by atoms with Crippen molar-refractivity contribution in [3.05, 3.63) is 48.6 Å². The van der Waals surface area contributed by atoms with E-state index in [9.17, 15) is 38.4 Å². The van der Waals surface area contributed by atoms with Gasteiger partial charge in [0.1, 0.15) is 0 Å². The summed E-state index contributed by atoms with van der Waals surface area (Å²) in [5.41, 5.74) is 0.